The van der Waals surface area contributed by atoms with E-state index in [1.165, 1.54) is 0 Å². The molecule has 0 aromatic heterocycles. The third-order valence-corrected chi connectivity index (χ3v) is 5.33. The minimum Gasteiger partial charge on any atom is -0.497 e. The van der Waals surface area contributed by atoms with Crippen molar-refractivity contribution >= 4 is 23.0 Å². The highest BCUT2D eigenvalue weighted by Crippen LogP contribution is 2.31. The summed E-state index contributed by atoms with van der Waals surface area (Å²) in [4.78, 5) is 2.09. The zero-order chi connectivity index (χ0) is 22.9. The normalized spacial score (nSPS) is 10.2. The highest BCUT2D eigenvalue weighted by molar-refractivity contribution is 7.80. The van der Waals surface area contributed by atoms with Gasteiger partial charge in [0.05, 0.1) is 34.1 Å². The van der Waals surface area contributed by atoms with Crippen LogP contribution in [0.4, 0.5) is 5.69 Å². The average molecular weight is 453 g/mol. The molecule has 0 saturated carbocycles. The molecule has 0 aliphatic heterocycles. The van der Waals surface area contributed by atoms with Crippen molar-refractivity contribution in [1.29, 1.82) is 0 Å². The first-order valence-corrected chi connectivity index (χ1v) is 10.5. The standard InChI is InChI=1S/C25H28N2O4S/c1-28-20-11-13-22(29-2)21(15-20)26-25(32)27(16-18-8-6-5-7-9-18)17-19-10-12-23(30-3)24(14-19)31-4/h5-15H,16-17H2,1-4H3,(H,26,32). The molecule has 0 saturated heterocycles. The Morgan fingerprint density at radius 3 is 2.03 bits per heavy atom. The minimum atomic E-state index is 0.565. The van der Waals surface area contributed by atoms with Crippen molar-refractivity contribution < 1.29 is 18.9 Å². The van der Waals surface area contributed by atoms with Crippen LogP contribution in [0.1, 0.15) is 11.1 Å². The number of hydrogen-bond acceptors (Lipinski definition) is 5. The Balaban J connectivity index is 1.88. The van der Waals surface area contributed by atoms with Crippen LogP contribution in [0, 0.1) is 0 Å². The molecule has 32 heavy (non-hydrogen) atoms. The van der Waals surface area contributed by atoms with Gasteiger partial charge in [0.2, 0.25) is 0 Å². The fourth-order valence-corrected chi connectivity index (χ4v) is 3.55. The molecule has 0 amide bonds. The monoisotopic (exact) mass is 452 g/mol. The van der Waals surface area contributed by atoms with Gasteiger partial charge in [-0.25, -0.2) is 0 Å². The molecule has 1 N–H and O–H groups in total. The highest BCUT2D eigenvalue weighted by Gasteiger charge is 2.16. The van der Waals surface area contributed by atoms with Crippen LogP contribution in [0.15, 0.2) is 66.7 Å². The van der Waals surface area contributed by atoms with Gasteiger partial charge in [0.15, 0.2) is 16.6 Å². The van der Waals surface area contributed by atoms with Crippen LogP contribution in [0.5, 0.6) is 23.0 Å². The smallest absolute Gasteiger partial charge is 0.174 e. The van der Waals surface area contributed by atoms with Crippen molar-refractivity contribution in [1.82, 2.24) is 4.90 Å². The zero-order valence-corrected chi connectivity index (χ0v) is 19.6. The summed E-state index contributed by atoms with van der Waals surface area (Å²) in [7, 11) is 6.51. The Kier molecular flexibility index (Phi) is 8.16. The van der Waals surface area contributed by atoms with Crippen molar-refractivity contribution in [3.63, 3.8) is 0 Å². The van der Waals surface area contributed by atoms with Gasteiger partial charge in [-0.1, -0.05) is 36.4 Å². The number of nitrogens with zero attached hydrogens (tertiary/aromatic N) is 1. The van der Waals surface area contributed by atoms with E-state index in [9.17, 15) is 0 Å². The van der Waals surface area contributed by atoms with Crippen LogP contribution in [-0.4, -0.2) is 38.5 Å². The van der Waals surface area contributed by atoms with Gasteiger partial charge < -0.3 is 29.2 Å². The molecule has 3 aromatic rings. The van der Waals surface area contributed by atoms with Gasteiger partial charge in [-0.3, -0.25) is 0 Å². The van der Waals surface area contributed by atoms with Gasteiger partial charge in [-0.05, 0) is 47.6 Å². The van der Waals surface area contributed by atoms with Crippen molar-refractivity contribution in [3.8, 4) is 23.0 Å². The summed E-state index contributed by atoms with van der Waals surface area (Å²) >= 11 is 5.82. The molecule has 0 fully saturated rings. The van der Waals surface area contributed by atoms with Gasteiger partial charge in [-0.15, -0.1) is 0 Å². The van der Waals surface area contributed by atoms with Crippen LogP contribution >= 0.6 is 12.2 Å². The Hall–Kier alpha value is -3.45. The maximum atomic E-state index is 5.82. The van der Waals surface area contributed by atoms with Gasteiger partial charge in [0.1, 0.15) is 11.5 Å². The molecular formula is C25H28N2O4S. The van der Waals surface area contributed by atoms with E-state index in [1.54, 1.807) is 28.4 Å². The summed E-state index contributed by atoms with van der Waals surface area (Å²) in [5, 5.41) is 3.89. The van der Waals surface area contributed by atoms with Gasteiger partial charge >= 0.3 is 0 Å². The largest absolute Gasteiger partial charge is 0.497 e. The third-order valence-electron chi connectivity index (χ3n) is 4.97. The predicted octanol–water partition coefficient (Wildman–Crippen LogP) is 5.12. The van der Waals surface area contributed by atoms with E-state index in [2.05, 4.69) is 22.3 Å². The molecule has 168 valence electrons. The van der Waals surface area contributed by atoms with Crippen molar-refractivity contribution in [2.45, 2.75) is 13.1 Å². The first-order valence-electron chi connectivity index (χ1n) is 10.1. The Morgan fingerprint density at radius 2 is 1.38 bits per heavy atom. The number of benzene rings is 3. The second-order valence-corrected chi connectivity index (χ2v) is 7.41. The average Bonchev–Trinajstić information content (AvgIpc) is 2.84. The lowest BCUT2D eigenvalue weighted by Crippen LogP contribution is -2.34. The Bertz CT molecular complexity index is 1040. The molecule has 7 heteroatoms. The van der Waals surface area contributed by atoms with Gasteiger partial charge in [0.25, 0.3) is 0 Å². The molecule has 0 radical (unpaired) electrons. The maximum Gasteiger partial charge on any atom is 0.174 e. The molecule has 0 heterocycles. The summed E-state index contributed by atoms with van der Waals surface area (Å²) < 4.78 is 21.7. The SMILES string of the molecule is COc1ccc(OC)c(NC(=S)N(Cc2ccccc2)Cc2ccc(OC)c(OC)c2)c1. The summed E-state index contributed by atoms with van der Waals surface area (Å²) in [5.74, 6) is 2.76. The van der Waals surface area contributed by atoms with E-state index in [0.717, 1.165) is 16.8 Å². The fraction of sp³-hybridized carbons (Fsp3) is 0.240. The van der Waals surface area contributed by atoms with E-state index < -0.39 is 0 Å². The Labute approximate surface area is 194 Å². The number of hydrogen-bond donors (Lipinski definition) is 1. The first kappa shape index (κ1) is 23.2. The lowest BCUT2D eigenvalue weighted by Gasteiger charge is -2.27. The third kappa shape index (κ3) is 5.82. The lowest BCUT2D eigenvalue weighted by atomic mass is 10.1. The first-order chi connectivity index (χ1) is 15.6. The molecule has 0 unspecified atom stereocenters. The van der Waals surface area contributed by atoms with E-state index in [-0.39, 0.29) is 0 Å². The molecule has 0 aliphatic rings. The quantitative estimate of drug-likeness (QED) is 0.452. The minimum absolute atomic E-state index is 0.565. The summed E-state index contributed by atoms with van der Waals surface area (Å²) in [6, 6.07) is 21.6. The number of nitrogens with one attached hydrogen (secondary N) is 1. The fourth-order valence-electron chi connectivity index (χ4n) is 3.31. The van der Waals surface area contributed by atoms with Crippen LogP contribution in [0.2, 0.25) is 0 Å². The molecule has 0 spiro atoms. The van der Waals surface area contributed by atoms with Crippen molar-refractivity contribution in [2.24, 2.45) is 0 Å². The predicted molar refractivity (Wildman–Crippen MR) is 131 cm³/mol. The second kappa shape index (κ2) is 11.2. The molecule has 3 rings (SSSR count). The highest BCUT2D eigenvalue weighted by atomic mass is 32.1. The molecule has 0 bridgehead atoms. The topological polar surface area (TPSA) is 52.2 Å². The summed E-state index contributed by atoms with van der Waals surface area (Å²) in [6.07, 6.45) is 0. The summed E-state index contributed by atoms with van der Waals surface area (Å²) in [6.45, 7) is 1.21. The number of anilines is 1. The zero-order valence-electron chi connectivity index (χ0n) is 18.8. The van der Waals surface area contributed by atoms with Crippen LogP contribution in [0.3, 0.4) is 0 Å². The number of rotatable bonds is 9. The second-order valence-electron chi connectivity index (χ2n) is 7.03. The maximum absolute atomic E-state index is 5.82. The van der Waals surface area contributed by atoms with E-state index in [0.29, 0.717) is 41.2 Å². The molecule has 0 atom stereocenters. The van der Waals surface area contributed by atoms with Crippen molar-refractivity contribution in [3.05, 3.63) is 77.9 Å². The van der Waals surface area contributed by atoms with E-state index in [4.69, 9.17) is 31.2 Å². The van der Waals surface area contributed by atoms with Crippen LogP contribution in [0.25, 0.3) is 0 Å². The number of methoxy groups -OCH3 is 4. The van der Waals surface area contributed by atoms with Crippen LogP contribution in [-0.2, 0) is 13.1 Å². The molecule has 0 aliphatic carbocycles. The molecular weight excluding hydrogens is 424 g/mol. The van der Waals surface area contributed by atoms with Gasteiger partial charge in [-0.2, -0.15) is 0 Å². The molecule has 3 aromatic carbocycles. The van der Waals surface area contributed by atoms with E-state index in [1.807, 2.05) is 54.6 Å². The lowest BCUT2D eigenvalue weighted by molar-refractivity contribution is 0.352. The van der Waals surface area contributed by atoms with E-state index >= 15 is 0 Å². The summed E-state index contributed by atoms with van der Waals surface area (Å²) in [5.41, 5.74) is 2.93. The number of thiocarbonyl (C=S) groups is 1. The Morgan fingerprint density at radius 1 is 0.719 bits per heavy atom. The molecule has 6 nitrogen and oxygen atoms in total. The number of ether oxygens (including phenoxy) is 4. The van der Waals surface area contributed by atoms with Crippen molar-refractivity contribution in [2.75, 3.05) is 33.8 Å². The van der Waals surface area contributed by atoms with Crippen LogP contribution < -0.4 is 24.3 Å². The van der Waals surface area contributed by atoms with Gasteiger partial charge in [0, 0.05) is 19.2 Å².